The molecule has 2 aromatic rings. The van der Waals surface area contributed by atoms with E-state index in [1.54, 1.807) is 30.3 Å². The van der Waals surface area contributed by atoms with Crippen molar-refractivity contribution in [1.82, 2.24) is 0 Å². The minimum Gasteiger partial charge on any atom is -0.385 e. The summed E-state index contributed by atoms with van der Waals surface area (Å²) >= 11 is 0. The molecule has 0 aromatic heterocycles. The molecule has 0 amide bonds. The third kappa shape index (κ3) is 3.40. The fourth-order valence-electron chi connectivity index (χ4n) is 1.96. The number of hydrogen-bond acceptors (Lipinski definition) is 2. The Bertz CT molecular complexity index is 611. The SMILES string of the molecule is OC(c1ccccc1)C(O)c1ccc(C(F)(F)F)c(F)c1. The molecule has 0 fully saturated rings. The highest BCUT2D eigenvalue weighted by molar-refractivity contribution is 5.30. The van der Waals surface area contributed by atoms with Gasteiger partial charge in [0.15, 0.2) is 0 Å². The number of aliphatic hydroxyl groups is 2. The van der Waals surface area contributed by atoms with Gasteiger partial charge in [-0.1, -0.05) is 36.4 Å². The average molecular weight is 300 g/mol. The van der Waals surface area contributed by atoms with Crippen molar-refractivity contribution in [1.29, 1.82) is 0 Å². The van der Waals surface area contributed by atoms with Gasteiger partial charge in [0.1, 0.15) is 18.0 Å². The molecule has 0 spiro atoms. The number of aliphatic hydroxyl groups excluding tert-OH is 2. The summed E-state index contributed by atoms with van der Waals surface area (Å²) < 4.78 is 50.8. The summed E-state index contributed by atoms with van der Waals surface area (Å²) in [6.07, 6.45) is -7.68. The molecule has 2 nitrogen and oxygen atoms in total. The molecule has 0 aliphatic rings. The van der Waals surface area contributed by atoms with E-state index in [2.05, 4.69) is 0 Å². The van der Waals surface area contributed by atoms with Gasteiger partial charge in [0.05, 0.1) is 5.56 Å². The Morgan fingerprint density at radius 2 is 1.38 bits per heavy atom. The molecule has 0 bridgehead atoms. The van der Waals surface area contributed by atoms with Gasteiger partial charge < -0.3 is 10.2 Å². The first kappa shape index (κ1) is 15.5. The van der Waals surface area contributed by atoms with Gasteiger partial charge in [-0.25, -0.2) is 4.39 Å². The van der Waals surface area contributed by atoms with Crippen LogP contribution in [0.1, 0.15) is 28.9 Å². The second-order valence-corrected chi connectivity index (χ2v) is 4.54. The summed E-state index contributed by atoms with van der Waals surface area (Å²) in [6.45, 7) is 0. The molecule has 0 radical (unpaired) electrons. The molecule has 21 heavy (non-hydrogen) atoms. The van der Waals surface area contributed by atoms with Crippen LogP contribution in [0, 0.1) is 5.82 Å². The van der Waals surface area contributed by atoms with Crippen LogP contribution in [0.15, 0.2) is 48.5 Å². The minimum absolute atomic E-state index is 0.128. The molecule has 2 aromatic carbocycles. The highest BCUT2D eigenvalue weighted by Gasteiger charge is 2.34. The van der Waals surface area contributed by atoms with Crippen molar-refractivity contribution in [2.75, 3.05) is 0 Å². The van der Waals surface area contributed by atoms with E-state index < -0.39 is 29.8 Å². The van der Waals surface area contributed by atoms with Crippen molar-refractivity contribution in [3.8, 4) is 0 Å². The van der Waals surface area contributed by atoms with Crippen LogP contribution in [0.4, 0.5) is 17.6 Å². The number of hydrogen-bond donors (Lipinski definition) is 2. The summed E-state index contributed by atoms with van der Waals surface area (Å²) in [5.41, 5.74) is -1.16. The number of alkyl halides is 3. The van der Waals surface area contributed by atoms with Crippen molar-refractivity contribution in [3.63, 3.8) is 0 Å². The molecule has 2 N–H and O–H groups in total. The third-order valence-corrected chi connectivity index (χ3v) is 3.08. The zero-order valence-electron chi connectivity index (χ0n) is 10.7. The Hall–Kier alpha value is -1.92. The molecule has 2 atom stereocenters. The van der Waals surface area contributed by atoms with Gasteiger partial charge in [-0.3, -0.25) is 0 Å². The minimum atomic E-state index is -4.80. The van der Waals surface area contributed by atoms with E-state index in [0.717, 1.165) is 6.07 Å². The molecular weight excluding hydrogens is 288 g/mol. The van der Waals surface area contributed by atoms with Crippen LogP contribution in [0.25, 0.3) is 0 Å². The summed E-state index contributed by atoms with van der Waals surface area (Å²) in [6, 6.07) is 10.2. The topological polar surface area (TPSA) is 40.5 Å². The normalized spacial score (nSPS) is 14.8. The maximum Gasteiger partial charge on any atom is 0.419 e. The first-order valence-corrected chi connectivity index (χ1v) is 6.08. The molecule has 0 saturated carbocycles. The third-order valence-electron chi connectivity index (χ3n) is 3.08. The number of rotatable bonds is 3. The van der Waals surface area contributed by atoms with Crippen LogP contribution in [0.2, 0.25) is 0 Å². The van der Waals surface area contributed by atoms with Crippen molar-refractivity contribution in [3.05, 3.63) is 71.0 Å². The Balaban J connectivity index is 2.28. The van der Waals surface area contributed by atoms with Crippen LogP contribution in [0.3, 0.4) is 0 Å². The zero-order valence-corrected chi connectivity index (χ0v) is 10.7. The van der Waals surface area contributed by atoms with Gasteiger partial charge in [-0.05, 0) is 23.3 Å². The first-order valence-electron chi connectivity index (χ1n) is 6.08. The van der Waals surface area contributed by atoms with Crippen LogP contribution >= 0.6 is 0 Å². The second kappa shape index (κ2) is 5.83. The van der Waals surface area contributed by atoms with Gasteiger partial charge in [0.25, 0.3) is 0 Å². The number of benzene rings is 2. The van der Waals surface area contributed by atoms with Crippen molar-refractivity contribution >= 4 is 0 Å². The average Bonchev–Trinajstić information content (AvgIpc) is 2.45. The lowest BCUT2D eigenvalue weighted by Gasteiger charge is -2.19. The van der Waals surface area contributed by atoms with E-state index in [1.165, 1.54) is 0 Å². The van der Waals surface area contributed by atoms with Gasteiger partial charge in [-0.2, -0.15) is 13.2 Å². The lowest BCUT2D eigenvalue weighted by molar-refractivity contribution is -0.140. The van der Waals surface area contributed by atoms with E-state index in [9.17, 15) is 27.8 Å². The van der Waals surface area contributed by atoms with E-state index in [1.807, 2.05) is 0 Å². The fraction of sp³-hybridized carbons (Fsp3) is 0.200. The first-order chi connectivity index (χ1) is 9.80. The van der Waals surface area contributed by atoms with Crippen molar-refractivity contribution in [2.45, 2.75) is 18.4 Å². The second-order valence-electron chi connectivity index (χ2n) is 4.54. The molecule has 0 aliphatic carbocycles. The maximum absolute atomic E-state index is 13.5. The lowest BCUT2D eigenvalue weighted by atomic mass is 9.97. The van der Waals surface area contributed by atoms with Gasteiger partial charge >= 0.3 is 6.18 Å². The Labute approximate surface area is 118 Å². The summed E-state index contributed by atoms with van der Waals surface area (Å²) in [5, 5.41) is 19.9. The standard InChI is InChI=1S/C15H12F4O2/c16-12-8-10(6-7-11(12)15(17,18)19)14(21)13(20)9-4-2-1-3-5-9/h1-8,13-14,20-21H. The molecule has 0 aliphatic heterocycles. The molecule has 2 rings (SSSR count). The Morgan fingerprint density at radius 3 is 1.90 bits per heavy atom. The largest absolute Gasteiger partial charge is 0.419 e. The van der Waals surface area contributed by atoms with Crippen LogP contribution in [-0.4, -0.2) is 10.2 Å². The lowest BCUT2D eigenvalue weighted by Crippen LogP contribution is -2.13. The monoisotopic (exact) mass is 300 g/mol. The highest BCUT2D eigenvalue weighted by Crippen LogP contribution is 2.34. The van der Waals surface area contributed by atoms with Gasteiger partial charge in [0, 0.05) is 0 Å². The molecule has 0 saturated heterocycles. The van der Waals surface area contributed by atoms with Crippen molar-refractivity contribution in [2.24, 2.45) is 0 Å². The van der Waals surface area contributed by atoms with E-state index in [-0.39, 0.29) is 5.56 Å². The van der Waals surface area contributed by atoms with E-state index in [4.69, 9.17) is 0 Å². The predicted octanol–water partition coefficient (Wildman–Crippen LogP) is 3.61. The fourth-order valence-corrected chi connectivity index (χ4v) is 1.96. The smallest absolute Gasteiger partial charge is 0.385 e. The summed E-state index contributed by atoms with van der Waals surface area (Å²) in [5.74, 6) is -1.49. The summed E-state index contributed by atoms with van der Waals surface area (Å²) in [4.78, 5) is 0. The molecule has 0 heterocycles. The molecular formula is C15H12F4O2. The van der Waals surface area contributed by atoms with Crippen LogP contribution < -0.4 is 0 Å². The van der Waals surface area contributed by atoms with E-state index in [0.29, 0.717) is 17.7 Å². The van der Waals surface area contributed by atoms with Gasteiger partial charge in [0.2, 0.25) is 0 Å². The quantitative estimate of drug-likeness (QED) is 0.850. The zero-order chi connectivity index (χ0) is 15.6. The van der Waals surface area contributed by atoms with Gasteiger partial charge in [-0.15, -0.1) is 0 Å². The van der Waals surface area contributed by atoms with Crippen LogP contribution in [0.5, 0.6) is 0 Å². The predicted molar refractivity (Wildman–Crippen MR) is 67.8 cm³/mol. The molecule has 2 unspecified atom stereocenters. The van der Waals surface area contributed by atoms with Crippen molar-refractivity contribution < 1.29 is 27.8 Å². The highest BCUT2D eigenvalue weighted by atomic mass is 19.4. The molecule has 6 heteroatoms. The van der Waals surface area contributed by atoms with Crippen LogP contribution in [-0.2, 0) is 6.18 Å². The summed E-state index contributed by atoms with van der Waals surface area (Å²) in [7, 11) is 0. The molecule has 112 valence electrons. The van der Waals surface area contributed by atoms with E-state index >= 15 is 0 Å². The Morgan fingerprint density at radius 1 is 0.810 bits per heavy atom. The maximum atomic E-state index is 13.5. The Kier molecular flexibility index (Phi) is 4.29. The number of halogens is 4.